The zero-order valence-corrected chi connectivity index (χ0v) is 19.5. The van der Waals surface area contributed by atoms with Crippen molar-refractivity contribution in [3.8, 4) is 0 Å². The van der Waals surface area contributed by atoms with Crippen molar-refractivity contribution in [1.82, 2.24) is 24.6 Å². The fourth-order valence-electron chi connectivity index (χ4n) is 5.50. The number of carbonyl (C=O) groups is 1. The molecule has 7 nitrogen and oxygen atoms in total. The number of hydrogen-bond acceptors (Lipinski definition) is 4. The summed E-state index contributed by atoms with van der Waals surface area (Å²) in [5, 5.41) is 5.43. The molecule has 7 heteroatoms. The molecule has 2 aliphatic heterocycles. The van der Waals surface area contributed by atoms with Crippen LogP contribution in [0.3, 0.4) is 0 Å². The van der Waals surface area contributed by atoms with E-state index in [0.29, 0.717) is 24.3 Å². The summed E-state index contributed by atoms with van der Waals surface area (Å²) in [6, 6.07) is 0. The van der Waals surface area contributed by atoms with Gasteiger partial charge in [-0.05, 0) is 76.4 Å². The van der Waals surface area contributed by atoms with Crippen molar-refractivity contribution in [3.05, 3.63) is 27.2 Å². The number of amides is 1. The Bertz CT molecular complexity index is 1000. The summed E-state index contributed by atoms with van der Waals surface area (Å²) in [6.07, 6.45) is 5.76. The van der Waals surface area contributed by atoms with Crippen LogP contribution in [0.25, 0.3) is 11.0 Å². The predicted molar refractivity (Wildman–Crippen MR) is 123 cm³/mol. The number of piperidine rings is 2. The minimum absolute atomic E-state index is 0.100. The van der Waals surface area contributed by atoms with Crippen LogP contribution in [0.2, 0.25) is 0 Å². The first-order chi connectivity index (χ1) is 14.8. The monoisotopic (exact) mass is 427 g/mol. The van der Waals surface area contributed by atoms with E-state index < -0.39 is 0 Å². The number of aryl methyl sites for hydroxylation is 3. The van der Waals surface area contributed by atoms with Gasteiger partial charge >= 0.3 is 0 Å². The van der Waals surface area contributed by atoms with Crippen molar-refractivity contribution < 1.29 is 4.79 Å². The molecule has 1 amide bonds. The van der Waals surface area contributed by atoms with Crippen LogP contribution in [-0.2, 0) is 18.3 Å². The van der Waals surface area contributed by atoms with Gasteiger partial charge in [-0.15, -0.1) is 0 Å². The molecule has 4 heterocycles. The fourth-order valence-corrected chi connectivity index (χ4v) is 5.50. The van der Waals surface area contributed by atoms with E-state index in [-0.39, 0.29) is 11.5 Å². The Hall–Kier alpha value is -2.15. The number of H-pyrrole nitrogens is 1. The van der Waals surface area contributed by atoms with E-state index in [9.17, 15) is 9.59 Å². The molecule has 2 aliphatic rings. The number of nitrogens with zero attached hydrogens (tertiary/aromatic N) is 4. The average molecular weight is 428 g/mol. The molecule has 4 rings (SSSR count). The highest BCUT2D eigenvalue weighted by Crippen LogP contribution is 2.24. The normalized spacial score (nSPS) is 21.2. The molecule has 0 unspecified atom stereocenters. The highest BCUT2D eigenvalue weighted by molar-refractivity contribution is 5.83. The highest BCUT2D eigenvalue weighted by atomic mass is 16.2. The first-order valence-corrected chi connectivity index (χ1v) is 11.9. The van der Waals surface area contributed by atoms with Gasteiger partial charge in [0.2, 0.25) is 5.91 Å². The van der Waals surface area contributed by atoms with Gasteiger partial charge in [0.15, 0.2) is 0 Å². The molecule has 31 heavy (non-hydrogen) atoms. The zero-order chi connectivity index (χ0) is 22.1. The lowest BCUT2D eigenvalue weighted by Crippen LogP contribution is -2.45. The summed E-state index contributed by atoms with van der Waals surface area (Å²) in [5.74, 6) is 1.60. The Morgan fingerprint density at radius 1 is 1.16 bits per heavy atom. The van der Waals surface area contributed by atoms with Crippen LogP contribution in [0.5, 0.6) is 0 Å². The molecular weight excluding hydrogens is 390 g/mol. The number of aromatic amines is 1. The lowest BCUT2D eigenvalue weighted by atomic mass is 9.94. The molecule has 0 aliphatic carbocycles. The van der Waals surface area contributed by atoms with Crippen molar-refractivity contribution in [2.75, 3.05) is 32.7 Å². The molecule has 2 saturated heterocycles. The maximum atomic E-state index is 13.0. The van der Waals surface area contributed by atoms with E-state index >= 15 is 0 Å². The molecular formula is C24H37N5O2. The molecule has 0 spiro atoms. The van der Waals surface area contributed by atoms with E-state index in [1.165, 1.54) is 32.4 Å². The third-order valence-electron chi connectivity index (χ3n) is 7.41. The van der Waals surface area contributed by atoms with Crippen LogP contribution in [0.1, 0.15) is 55.8 Å². The number of likely N-dealkylation sites (tertiary alicyclic amines) is 2. The third kappa shape index (κ3) is 4.71. The van der Waals surface area contributed by atoms with Crippen LogP contribution in [0, 0.1) is 25.7 Å². The van der Waals surface area contributed by atoms with Gasteiger partial charge < -0.3 is 14.8 Å². The van der Waals surface area contributed by atoms with Gasteiger partial charge in [0.05, 0.1) is 5.69 Å². The maximum Gasteiger partial charge on any atom is 0.253 e. The smallest absolute Gasteiger partial charge is 0.253 e. The van der Waals surface area contributed by atoms with Gasteiger partial charge in [-0.25, -0.2) is 0 Å². The molecule has 0 radical (unpaired) electrons. The average Bonchev–Trinajstić information content (AvgIpc) is 3.02. The largest absolute Gasteiger partial charge is 0.342 e. The van der Waals surface area contributed by atoms with Crippen molar-refractivity contribution in [1.29, 1.82) is 0 Å². The summed E-state index contributed by atoms with van der Waals surface area (Å²) in [4.78, 5) is 33.3. The number of aromatic nitrogens is 3. The van der Waals surface area contributed by atoms with Crippen molar-refractivity contribution in [2.24, 2.45) is 18.9 Å². The number of carbonyl (C=O) groups excluding carboxylic acids is 1. The summed E-state index contributed by atoms with van der Waals surface area (Å²) in [6.45, 7) is 11.5. The SMILES string of the molecule is Cc1nn(C)c2[nH]c(=O)c(CCC(=O)N3CCC[C@@H](CN4CCC(C)CC4)C3)c(C)c12. The molecule has 0 bridgehead atoms. The summed E-state index contributed by atoms with van der Waals surface area (Å²) >= 11 is 0. The molecule has 2 fully saturated rings. The second kappa shape index (κ2) is 9.15. The van der Waals surface area contributed by atoms with Crippen LogP contribution in [0.15, 0.2) is 4.79 Å². The van der Waals surface area contributed by atoms with E-state index in [1.807, 2.05) is 25.8 Å². The van der Waals surface area contributed by atoms with Gasteiger partial charge in [0.1, 0.15) is 5.65 Å². The molecule has 1 N–H and O–H groups in total. The van der Waals surface area contributed by atoms with E-state index in [1.54, 1.807) is 4.68 Å². The summed E-state index contributed by atoms with van der Waals surface area (Å²) in [5.41, 5.74) is 3.23. The Balaban J connectivity index is 1.37. The van der Waals surface area contributed by atoms with Gasteiger partial charge in [-0.1, -0.05) is 6.92 Å². The van der Waals surface area contributed by atoms with Crippen LogP contribution < -0.4 is 5.56 Å². The summed E-state index contributed by atoms with van der Waals surface area (Å²) < 4.78 is 1.71. The minimum atomic E-state index is -0.100. The van der Waals surface area contributed by atoms with E-state index in [0.717, 1.165) is 54.3 Å². The van der Waals surface area contributed by atoms with Crippen LogP contribution in [-0.4, -0.2) is 63.2 Å². The Labute approximate surface area is 184 Å². The zero-order valence-electron chi connectivity index (χ0n) is 19.5. The molecule has 0 aromatic carbocycles. The molecule has 170 valence electrons. The number of hydrogen-bond donors (Lipinski definition) is 1. The van der Waals surface area contributed by atoms with E-state index in [2.05, 4.69) is 21.9 Å². The topological polar surface area (TPSA) is 74.2 Å². The molecule has 0 saturated carbocycles. The van der Waals surface area contributed by atoms with Gasteiger partial charge in [-0.2, -0.15) is 5.10 Å². The highest BCUT2D eigenvalue weighted by Gasteiger charge is 2.27. The Morgan fingerprint density at radius 2 is 1.90 bits per heavy atom. The van der Waals surface area contributed by atoms with Crippen molar-refractivity contribution in [3.63, 3.8) is 0 Å². The standard InChI is InChI=1S/C24H37N5O2/c1-16-9-12-28(13-10-16)14-19-6-5-11-29(15-19)21(30)8-7-20-17(2)22-18(3)26-27(4)23(22)25-24(20)31/h16,19H,5-15H2,1-4H3,(H,25,31)/t19-/m0/s1. The van der Waals surface area contributed by atoms with Gasteiger partial charge in [0.25, 0.3) is 5.56 Å². The lowest BCUT2D eigenvalue weighted by molar-refractivity contribution is -0.133. The summed E-state index contributed by atoms with van der Waals surface area (Å²) in [7, 11) is 1.84. The first-order valence-electron chi connectivity index (χ1n) is 11.9. The second-order valence-electron chi connectivity index (χ2n) is 9.82. The van der Waals surface area contributed by atoms with E-state index in [4.69, 9.17) is 0 Å². The number of fused-ring (bicyclic) bond motifs is 1. The third-order valence-corrected chi connectivity index (χ3v) is 7.41. The Morgan fingerprint density at radius 3 is 2.65 bits per heavy atom. The molecule has 2 aromatic heterocycles. The molecule has 2 aromatic rings. The molecule has 1 atom stereocenters. The Kier molecular flexibility index (Phi) is 6.51. The predicted octanol–water partition coefficient (Wildman–Crippen LogP) is 2.78. The lowest BCUT2D eigenvalue weighted by Gasteiger charge is -2.38. The first kappa shape index (κ1) is 22.1. The second-order valence-corrected chi connectivity index (χ2v) is 9.82. The number of pyridine rings is 1. The maximum absolute atomic E-state index is 13.0. The van der Waals surface area contributed by atoms with Crippen molar-refractivity contribution in [2.45, 2.75) is 59.3 Å². The minimum Gasteiger partial charge on any atom is -0.342 e. The van der Waals surface area contributed by atoms with Crippen LogP contribution in [0.4, 0.5) is 0 Å². The van der Waals surface area contributed by atoms with Crippen LogP contribution >= 0.6 is 0 Å². The van der Waals surface area contributed by atoms with Gasteiger partial charge in [0, 0.05) is 44.1 Å². The fraction of sp³-hybridized carbons (Fsp3) is 0.708. The quantitative estimate of drug-likeness (QED) is 0.796. The number of rotatable bonds is 5. The van der Waals surface area contributed by atoms with Crippen molar-refractivity contribution >= 4 is 16.9 Å². The number of nitrogens with one attached hydrogen (secondary N) is 1. The van der Waals surface area contributed by atoms with Gasteiger partial charge in [-0.3, -0.25) is 14.3 Å².